The zero-order chi connectivity index (χ0) is 29.1. The Morgan fingerprint density at radius 3 is 2.19 bits per heavy atom. The first-order valence-corrected chi connectivity index (χ1v) is 15.2. The van der Waals surface area contributed by atoms with Gasteiger partial charge in [0.05, 0.1) is 18.5 Å². The average molecular weight is 577 g/mol. The number of nitrogens with zero attached hydrogens (tertiary/aromatic N) is 1. The highest BCUT2D eigenvalue weighted by molar-refractivity contribution is 7.92. The van der Waals surface area contributed by atoms with Crippen molar-refractivity contribution in [3.8, 4) is 5.75 Å². The number of rotatable bonds is 9. The van der Waals surface area contributed by atoms with Crippen molar-refractivity contribution >= 4 is 49.2 Å². The number of ether oxygens (including phenoxy) is 1. The van der Waals surface area contributed by atoms with E-state index in [1.54, 1.807) is 48.5 Å². The first kappa shape index (κ1) is 27.1. The maximum atomic E-state index is 13.0. The molecule has 0 bridgehead atoms. The first-order chi connectivity index (χ1) is 20.3. The lowest BCUT2D eigenvalue weighted by Crippen LogP contribution is -2.29. The fourth-order valence-corrected chi connectivity index (χ4v) is 5.67. The van der Waals surface area contributed by atoms with Crippen LogP contribution in [0, 0.1) is 0 Å². The van der Waals surface area contributed by atoms with Crippen LogP contribution in [0.3, 0.4) is 0 Å². The third-order valence-electron chi connectivity index (χ3n) is 6.95. The van der Waals surface area contributed by atoms with E-state index in [4.69, 9.17) is 9.15 Å². The molecule has 0 unspecified atom stereocenters. The van der Waals surface area contributed by atoms with E-state index in [0.29, 0.717) is 34.9 Å². The summed E-state index contributed by atoms with van der Waals surface area (Å²) < 4.78 is 38.4. The van der Waals surface area contributed by atoms with Crippen LogP contribution in [0.5, 0.6) is 5.75 Å². The van der Waals surface area contributed by atoms with E-state index in [1.807, 2.05) is 72.8 Å². The number of hydrogen-bond donors (Lipinski definition) is 1. The topological polar surface area (TPSA) is 88.9 Å². The molecule has 0 aliphatic carbocycles. The van der Waals surface area contributed by atoms with E-state index in [1.165, 1.54) is 10.6 Å². The van der Waals surface area contributed by atoms with Crippen LogP contribution >= 0.6 is 0 Å². The van der Waals surface area contributed by atoms with Crippen LogP contribution in [0.4, 0.5) is 11.4 Å². The fraction of sp³-hybridized carbons (Fsp3) is 0.0882. The Morgan fingerprint density at radius 1 is 0.762 bits per heavy atom. The number of furan rings is 1. The summed E-state index contributed by atoms with van der Waals surface area (Å²) in [7, 11) is -3.57. The van der Waals surface area contributed by atoms with Gasteiger partial charge in [-0.15, -0.1) is 0 Å². The molecule has 1 amide bonds. The van der Waals surface area contributed by atoms with Crippen LogP contribution in [0.1, 0.15) is 21.5 Å². The minimum Gasteiger partial charge on any atom is -0.489 e. The van der Waals surface area contributed by atoms with Crippen molar-refractivity contribution in [1.29, 1.82) is 0 Å². The number of carbonyl (C=O) groups excluding carboxylic acids is 1. The molecule has 0 spiro atoms. The number of benzene rings is 5. The van der Waals surface area contributed by atoms with E-state index < -0.39 is 10.0 Å². The van der Waals surface area contributed by atoms with Crippen molar-refractivity contribution in [2.24, 2.45) is 0 Å². The molecule has 6 rings (SSSR count). The molecule has 7 nitrogen and oxygen atoms in total. The first-order valence-electron chi connectivity index (χ1n) is 13.4. The summed E-state index contributed by atoms with van der Waals surface area (Å²) >= 11 is 0. The van der Waals surface area contributed by atoms with E-state index in [0.717, 1.165) is 27.5 Å². The number of para-hydroxylation sites is 1. The third kappa shape index (κ3) is 5.99. The molecule has 0 aliphatic heterocycles. The third-order valence-corrected chi connectivity index (χ3v) is 8.09. The summed E-state index contributed by atoms with van der Waals surface area (Å²) in [5, 5.41) is 4.92. The largest absolute Gasteiger partial charge is 0.489 e. The number of hydrogen-bond acceptors (Lipinski definition) is 5. The Morgan fingerprint density at radius 2 is 1.45 bits per heavy atom. The predicted octanol–water partition coefficient (Wildman–Crippen LogP) is 7.38. The van der Waals surface area contributed by atoms with Crippen LogP contribution < -0.4 is 14.4 Å². The maximum Gasteiger partial charge on any atom is 0.255 e. The molecule has 0 aliphatic rings. The second-order valence-corrected chi connectivity index (χ2v) is 11.9. The second kappa shape index (κ2) is 11.4. The van der Waals surface area contributed by atoms with Crippen molar-refractivity contribution in [2.45, 2.75) is 13.2 Å². The quantitative estimate of drug-likeness (QED) is 0.194. The summed E-state index contributed by atoms with van der Waals surface area (Å²) in [5.41, 5.74) is 4.87. The van der Waals surface area contributed by atoms with Gasteiger partial charge in [-0.2, -0.15) is 0 Å². The highest BCUT2D eigenvalue weighted by Crippen LogP contribution is 2.30. The Labute approximate surface area is 244 Å². The molecule has 0 radical (unpaired) electrons. The van der Waals surface area contributed by atoms with Gasteiger partial charge in [0, 0.05) is 28.1 Å². The minimum atomic E-state index is -3.57. The van der Waals surface area contributed by atoms with Gasteiger partial charge < -0.3 is 14.5 Å². The van der Waals surface area contributed by atoms with Crippen LogP contribution in [0.25, 0.3) is 21.9 Å². The molecule has 42 heavy (non-hydrogen) atoms. The van der Waals surface area contributed by atoms with E-state index in [9.17, 15) is 13.2 Å². The Balaban J connectivity index is 1.12. The molecule has 0 fully saturated rings. The predicted molar refractivity (Wildman–Crippen MR) is 166 cm³/mol. The molecule has 0 atom stereocenters. The number of sulfonamides is 1. The average Bonchev–Trinajstić information content (AvgIpc) is 3.37. The van der Waals surface area contributed by atoms with Crippen LogP contribution in [-0.4, -0.2) is 20.6 Å². The normalized spacial score (nSPS) is 11.5. The van der Waals surface area contributed by atoms with Crippen molar-refractivity contribution in [1.82, 2.24) is 0 Å². The SMILES string of the molecule is CS(=O)(=O)N(Cc1ccc(C(=O)Nc2ccc3c(c2)oc2ccccc23)cc1)c1ccc(OCc2ccccc2)cc1. The van der Waals surface area contributed by atoms with Gasteiger partial charge >= 0.3 is 0 Å². The van der Waals surface area contributed by atoms with Crippen molar-refractivity contribution in [3.63, 3.8) is 0 Å². The van der Waals surface area contributed by atoms with Gasteiger partial charge in [-0.3, -0.25) is 9.10 Å². The molecule has 0 saturated carbocycles. The number of fused-ring (bicyclic) bond motifs is 3. The lowest BCUT2D eigenvalue weighted by Gasteiger charge is -2.23. The standard InChI is InChI=1S/C34H28N2O5S/c1-42(38,39)36(28-16-18-29(19-17-28)40-23-25-7-3-2-4-8-25)22-24-11-13-26(14-12-24)34(37)35-27-15-20-31-30-9-5-6-10-32(30)41-33(31)21-27/h2-21H,22-23H2,1H3,(H,35,37). The Kier molecular flexibility index (Phi) is 7.37. The molecular formula is C34H28N2O5S. The van der Waals surface area contributed by atoms with Crippen LogP contribution in [-0.2, 0) is 23.2 Å². The maximum absolute atomic E-state index is 13.0. The van der Waals surface area contributed by atoms with Gasteiger partial charge in [-0.1, -0.05) is 60.7 Å². The lowest BCUT2D eigenvalue weighted by molar-refractivity contribution is 0.102. The smallest absolute Gasteiger partial charge is 0.255 e. The van der Waals surface area contributed by atoms with Gasteiger partial charge in [-0.05, 0) is 65.7 Å². The molecule has 1 heterocycles. The van der Waals surface area contributed by atoms with E-state index in [-0.39, 0.29) is 12.5 Å². The monoisotopic (exact) mass is 576 g/mol. The van der Waals surface area contributed by atoms with Gasteiger partial charge in [-0.25, -0.2) is 8.42 Å². The molecule has 0 saturated heterocycles. The van der Waals surface area contributed by atoms with E-state index in [2.05, 4.69) is 5.32 Å². The summed E-state index contributed by atoms with van der Waals surface area (Å²) in [6, 6.07) is 37.1. The molecule has 1 aromatic heterocycles. The molecule has 6 aromatic rings. The Bertz CT molecular complexity index is 1970. The lowest BCUT2D eigenvalue weighted by atomic mass is 10.1. The zero-order valence-corrected chi connectivity index (χ0v) is 23.7. The molecule has 210 valence electrons. The molecule has 1 N–H and O–H groups in total. The number of anilines is 2. The highest BCUT2D eigenvalue weighted by Gasteiger charge is 2.19. The molecular weight excluding hydrogens is 548 g/mol. The number of amides is 1. The van der Waals surface area contributed by atoms with Crippen LogP contribution in [0.15, 0.2) is 126 Å². The van der Waals surface area contributed by atoms with Gasteiger partial charge in [0.25, 0.3) is 5.91 Å². The summed E-state index contributed by atoms with van der Waals surface area (Å²) in [6.07, 6.45) is 1.17. The van der Waals surface area contributed by atoms with E-state index >= 15 is 0 Å². The highest BCUT2D eigenvalue weighted by atomic mass is 32.2. The van der Waals surface area contributed by atoms with Gasteiger partial charge in [0.15, 0.2) is 0 Å². The summed E-state index contributed by atoms with van der Waals surface area (Å²) in [6.45, 7) is 0.540. The second-order valence-electron chi connectivity index (χ2n) is 10.00. The van der Waals surface area contributed by atoms with Crippen molar-refractivity contribution in [2.75, 3.05) is 15.9 Å². The number of nitrogens with one attached hydrogen (secondary N) is 1. The van der Waals surface area contributed by atoms with Crippen molar-refractivity contribution in [3.05, 3.63) is 138 Å². The summed E-state index contributed by atoms with van der Waals surface area (Å²) in [4.78, 5) is 13.0. The number of carbonyl (C=O) groups is 1. The van der Waals surface area contributed by atoms with Gasteiger partial charge in [0.1, 0.15) is 23.5 Å². The zero-order valence-electron chi connectivity index (χ0n) is 22.9. The van der Waals surface area contributed by atoms with Crippen LogP contribution in [0.2, 0.25) is 0 Å². The van der Waals surface area contributed by atoms with Gasteiger partial charge in [0.2, 0.25) is 10.0 Å². The molecule has 8 heteroatoms. The molecule has 5 aromatic carbocycles. The van der Waals surface area contributed by atoms with Crippen molar-refractivity contribution < 1.29 is 22.4 Å². The Hall–Kier alpha value is -5.08. The fourth-order valence-electron chi connectivity index (χ4n) is 4.78. The summed E-state index contributed by atoms with van der Waals surface area (Å²) in [5.74, 6) is 0.369. The minimum absolute atomic E-state index is 0.119.